The fourth-order valence-corrected chi connectivity index (χ4v) is 4.44. The van der Waals surface area contributed by atoms with Gasteiger partial charge in [0, 0.05) is 13.0 Å². The van der Waals surface area contributed by atoms with E-state index >= 15 is 0 Å². The smallest absolute Gasteiger partial charge is 0.306 e. The number of carbonyl (C=O) groups is 1. The molecule has 3 aromatic rings. The van der Waals surface area contributed by atoms with E-state index in [9.17, 15) is 9.90 Å². The van der Waals surface area contributed by atoms with Crippen molar-refractivity contribution in [3.8, 4) is 23.0 Å². The lowest BCUT2D eigenvalue weighted by Gasteiger charge is -2.28. The van der Waals surface area contributed by atoms with Crippen molar-refractivity contribution < 1.29 is 19.4 Å². The van der Waals surface area contributed by atoms with E-state index in [1.54, 1.807) is 17.1 Å². The first-order valence-electron chi connectivity index (χ1n) is 12.3. The molecule has 0 amide bonds. The van der Waals surface area contributed by atoms with E-state index in [2.05, 4.69) is 25.6 Å². The van der Waals surface area contributed by atoms with Gasteiger partial charge in [0.2, 0.25) is 5.88 Å². The maximum absolute atomic E-state index is 11.6. The lowest BCUT2D eigenvalue weighted by atomic mass is 9.80. The van der Waals surface area contributed by atoms with Crippen molar-refractivity contribution in [1.82, 2.24) is 29.9 Å². The van der Waals surface area contributed by atoms with Gasteiger partial charge in [0.25, 0.3) is 0 Å². The fourth-order valence-electron chi connectivity index (χ4n) is 4.44. The predicted octanol–water partition coefficient (Wildman–Crippen LogP) is 3.64. The summed E-state index contributed by atoms with van der Waals surface area (Å²) in [4.78, 5) is 24.9. The zero-order chi connectivity index (χ0) is 25.7. The number of hydrogen-bond donors (Lipinski definition) is 2. The molecule has 4 rings (SSSR count). The molecule has 0 saturated heterocycles. The van der Waals surface area contributed by atoms with Crippen LogP contribution in [0, 0.1) is 18.8 Å². The van der Waals surface area contributed by atoms with Gasteiger partial charge in [-0.05, 0) is 45.7 Å². The molecule has 0 radical (unpaired) electrons. The van der Waals surface area contributed by atoms with Gasteiger partial charge in [-0.3, -0.25) is 9.78 Å². The first-order valence-corrected chi connectivity index (χ1v) is 12.3. The highest BCUT2D eigenvalue weighted by Gasteiger charge is 2.31. The van der Waals surface area contributed by atoms with Crippen LogP contribution in [0.5, 0.6) is 11.6 Å². The van der Waals surface area contributed by atoms with E-state index in [-0.39, 0.29) is 17.9 Å². The highest BCUT2D eigenvalue weighted by molar-refractivity contribution is 5.70. The molecule has 0 aromatic carbocycles. The third-order valence-corrected chi connectivity index (χ3v) is 6.31. The Morgan fingerprint density at radius 3 is 2.78 bits per heavy atom. The van der Waals surface area contributed by atoms with E-state index in [4.69, 9.17) is 14.5 Å². The summed E-state index contributed by atoms with van der Waals surface area (Å²) in [5.41, 5.74) is 2.87. The lowest BCUT2D eigenvalue weighted by molar-refractivity contribution is -0.145. The summed E-state index contributed by atoms with van der Waals surface area (Å²) in [7, 11) is 1.82. The number of nitrogens with one attached hydrogen (secondary N) is 1. The summed E-state index contributed by atoms with van der Waals surface area (Å²) in [6.07, 6.45) is 6.80. The molecule has 3 aromatic heterocycles. The number of aliphatic carboxylic acids is 1. The number of nitrogens with zero attached hydrogens (tertiary/aromatic N) is 6. The number of carboxylic acids is 1. The molecule has 0 spiro atoms. The second-order valence-electron chi connectivity index (χ2n) is 9.35. The minimum absolute atomic E-state index is 0.00459. The van der Waals surface area contributed by atoms with E-state index in [1.165, 1.54) is 0 Å². The summed E-state index contributed by atoms with van der Waals surface area (Å²) in [6, 6.07) is 3.71. The molecule has 1 aliphatic rings. The van der Waals surface area contributed by atoms with Gasteiger partial charge in [0.15, 0.2) is 0 Å². The quantitative estimate of drug-likeness (QED) is 0.429. The summed E-state index contributed by atoms with van der Waals surface area (Å²) in [6.45, 7) is 6.53. The molecule has 2 unspecified atom stereocenters. The van der Waals surface area contributed by atoms with Gasteiger partial charge in [-0.15, -0.1) is 5.10 Å². The molecule has 11 nitrogen and oxygen atoms in total. The molecule has 2 atom stereocenters. The van der Waals surface area contributed by atoms with Gasteiger partial charge in [-0.25, -0.2) is 9.67 Å². The number of anilines is 1. The Hall–Kier alpha value is -3.76. The SMILES string of the molecule is Cc1nc(-c2nnn(C)c2CNc2cncc(OC(C)C)n2)ccc1OCC1CCCCC1C(=O)O. The van der Waals surface area contributed by atoms with Crippen molar-refractivity contribution in [2.24, 2.45) is 18.9 Å². The van der Waals surface area contributed by atoms with E-state index in [0.717, 1.165) is 25.0 Å². The summed E-state index contributed by atoms with van der Waals surface area (Å²) in [5.74, 6) is 0.616. The van der Waals surface area contributed by atoms with Crippen molar-refractivity contribution in [2.75, 3.05) is 11.9 Å². The molecule has 0 aliphatic heterocycles. The van der Waals surface area contributed by atoms with Gasteiger partial charge in [0.1, 0.15) is 17.3 Å². The molecule has 0 bridgehead atoms. The van der Waals surface area contributed by atoms with Crippen LogP contribution in [0.25, 0.3) is 11.4 Å². The highest BCUT2D eigenvalue weighted by atomic mass is 16.5. The van der Waals surface area contributed by atoms with Gasteiger partial charge in [0.05, 0.1) is 54.6 Å². The van der Waals surface area contributed by atoms with Crippen molar-refractivity contribution in [1.29, 1.82) is 0 Å². The van der Waals surface area contributed by atoms with Crippen LogP contribution in [-0.2, 0) is 18.4 Å². The molecule has 1 aliphatic carbocycles. The number of aryl methyl sites for hydroxylation is 2. The van der Waals surface area contributed by atoms with Crippen molar-refractivity contribution in [3.05, 3.63) is 35.9 Å². The number of rotatable bonds is 10. The monoisotopic (exact) mass is 495 g/mol. The van der Waals surface area contributed by atoms with Crippen LogP contribution in [0.1, 0.15) is 50.9 Å². The molecular weight excluding hydrogens is 462 g/mol. The average molecular weight is 496 g/mol. The van der Waals surface area contributed by atoms with Crippen LogP contribution < -0.4 is 14.8 Å². The minimum atomic E-state index is -0.734. The third kappa shape index (κ3) is 6.07. The molecule has 1 saturated carbocycles. The summed E-state index contributed by atoms with van der Waals surface area (Å²) in [5, 5.41) is 21.3. The number of pyridine rings is 1. The Labute approximate surface area is 210 Å². The summed E-state index contributed by atoms with van der Waals surface area (Å²) < 4.78 is 13.3. The zero-order valence-electron chi connectivity index (χ0n) is 21.1. The van der Waals surface area contributed by atoms with Crippen LogP contribution in [-0.4, -0.2) is 53.7 Å². The highest BCUT2D eigenvalue weighted by Crippen LogP contribution is 2.32. The minimum Gasteiger partial charge on any atom is -0.491 e. The van der Waals surface area contributed by atoms with E-state index < -0.39 is 5.97 Å². The summed E-state index contributed by atoms with van der Waals surface area (Å²) >= 11 is 0. The van der Waals surface area contributed by atoms with E-state index in [0.29, 0.717) is 54.1 Å². The first-order chi connectivity index (χ1) is 17.3. The Balaban J connectivity index is 1.44. The topological polar surface area (TPSA) is 137 Å². The first kappa shape index (κ1) is 25.3. The normalized spacial score (nSPS) is 17.7. The zero-order valence-corrected chi connectivity index (χ0v) is 21.1. The maximum Gasteiger partial charge on any atom is 0.306 e. The second kappa shape index (κ2) is 11.3. The molecule has 1 fully saturated rings. The van der Waals surface area contributed by atoms with Crippen molar-refractivity contribution >= 4 is 11.8 Å². The Morgan fingerprint density at radius 1 is 1.22 bits per heavy atom. The lowest BCUT2D eigenvalue weighted by Crippen LogP contribution is -2.31. The third-order valence-electron chi connectivity index (χ3n) is 6.31. The van der Waals surface area contributed by atoms with Crippen molar-refractivity contribution in [3.63, 3.8) is 0 Å². The van der Waals surface area contributed by atoms with Crippen molar-refractivity contribution in [2.45, 2.75) is 59.1 Å². The van der Waals surface area contributed by atoms with Gasteiger partial charge >= 0.3 is 5.97 Å². The molecule has 2 N–H and O–H groups in total. The van der Waals surface area contributed by atoms with Crippen LogP contribution in [0.3, 0.4) is 0 Å². The number of aromatic nitrogens is 6. The molecule has 36 heavy (non-hydrogen) atoms. The molecule has 3 heterocycles. The number of carboxylic acid groups (broad SMARTS) is 1. The van der Waals surface area contributed by atoms with Crippen LogP contribution in [0.2, 0.25) is 0 Å². The molecule has 11 heteroatoms. The number of hydrogen-bond acceptors (Lipinski definition) is 9. The van der Waals surface area contributed by atoms with Crippen LogP contribution >= 0.6 is 0 Å². The maximum atomic E-state index is 11.6. The standard InChI is InChI=1S/C25H33N7O4/c1-15(2)36-23-13-26-12-22(29-23)27-11-20-24(30-31-32(20)4)19-9-10-21(16(3)28-19)35-14-17-7-5-6-8-18(17)25(33)34/h9-10,12-13,15,17-18H,5-8,11,14H2,1-4H3,(H,27,29)(H,33,34). The van der Waals surface area contributed by atoms with Crippen LogP contribution in [0.15, 0.2) is 24.5 Å². The fraction of sp³-hybridized carbons (Fsp3) is 0.520. The molecular formula is C25H33N7O4. The van der Waals surface area contributed by atoms with Crippen LogP contribution in [0.4, 0.5) is 5.82 Å². The molecule has 192 valence electrons. The van der Waals surface area contributed by atoms with Gasteiger partial charge < -0.3 is 19.9 Å². The number of ether oxygens (including phenoxy) is 2. The van der Waals surface area contributed by atoms with E-state index in [1.807, 2.05) is 40.0 Å². The Bertz CT molecular complexity index is 1200. The predicted molar refractivity (Wildman–Crippen MR) is 133 cm³/mol. The Morgan fingerprint density at radius 2 is 2.03 bits per heavy atom. The second-order valence-corrected chi connectivity index (χ2v) is 9.35. The van der Waals surface area contributed by atoms with Gasteiger partial charge in [-0.1, -0.05) is 18.1 Å². The van der Waals surface area contributed by atoms with Gasteiger partial charge in [-0.2, -0.15) is 4.98 Å². The largest absolute Gasteiger partial charge is 0.491 e. The average Bonchev–Trinajstić information content (AvgIpc) is 3.22. The Kier molecular flexibility index (Phi) is 7.97.